The molecule has 0 bridgehead atoms. The number of pyridine rings is 1. The fraction of sp³-hybridized carbons (Fsp3) is 0.0714. The summed E-state index contributed by atoms with van der Waals surface area (Å²) in [6.07, 6.45) is 1.17. The van der Waals surface area contributed by atoms with E-state index in [0.717, 1.165) is 25.1 Å². The minimum Gasteiger partial charge on any atom is -0.383 e. The van der Waals surface area contributed by atoms with Crippen LogP contribution in [0.4, 0.5) is 0 Å². The number of hydrogen-bond donors (Lipinski definition) is 1. The molecule has 2 heterocycles. The van der Waals surface area contributed by atoms with Crippen molar-refractivity contribution in [1.29, 1.82) is 0 Å². The van der Waals surface area contributed by atoms with Gasteiger partial charge >= 0.3 is 0 Å². The first-order chi connectivity index (χ1) is 8.74. The van der Waals surface area contributed by atoms with Crippen molar-refractivity contribution in [1.82, 2.24) is 4.98 Å². The van der Waals surface area contributed by atoms with Crippen LogP contribution in [0.2, 0.25) is 0 Å². The van der Waals surface area contributed by atoms with Gasteiger partial charge in [-0.15, -0.1) is 11.3 Å². The van der Waals surface area contributed by atoms with E-state index in [0.29, 0.717) is 0 Å². The van der Waals surface area contributed by atoms with Crippen molar-refractivity contribution in [3.8, 4) is 0 Å². The van der Waals surface area contributed by atoms with Crippen LogP contribution in [0.5, 0.6) is 0 Å². The Kier molecular flexibility index (Phi) is 3.16. The van der Waals surface area contributed by atoms with Crippen LogP contribution in [-0.2, 0) is 0 Å². The van der Waals surface area contributed by atoms with Crippen LogP contribution in [0.15, 0.2) is 52.4 Å². The number of thiophene rings is 1. The topological polar surface area (TPSA) is 33.1 Å². The number of fused-ring (bicyclic) bond motifs is 1. The first kappa shape index (κ1) is 11.8. The quantitative estimate of drug-likeness (QED) is 0.770. The molecule has 90 valence electrons. The van der Waals surface area contributed by atoms with Crippen LogP contribution in [0.3, 0.4) is 0 Å². The molecule has 0 spiro atoms. The third-order valence-corrected chi connectivity index (χ3v) is 4.49. The molecule has 4 heteroatoms. The van der Waals surface area contributed by atoms with Gasteiger partial charge in [-0.2, -0.15) is 0 Å². The van der Waals surface area contributed by atoms with Crippen LogP contribution in [-0.4, -0.2) is 10.1 Å². The predicted octanol–water partition coefficient (Wildman–Crippen LogP) is 4.14. The van der Waals surface area contributed by atoms with E-state index in [4.69, 9.17) is 0 Å². The summed E-state index contributed by atoms with van der Waals surface area (Å²) in [5.41, 5.74) is 1.78. The van der Waals surface area contributed by atoms with E-state index in [2.05, 4.69) is 20.9 Å². The van der Waals surface area contributed by atoms with Gasteiger partial charge in [-0.3, -0.25) is 4.98 Å². The van der Waals surface area contributed by atoms with Gasteiger partial charge in [-0.25, -0.2) is 0 Å². The van der Waals surface area contributed by atoms with E-state index in [1.54, 1.807) is 17.5 Å². The molecule has 3 rings (SSSR count). The Morgan fingerprint density at radius 3 is 2.83 bits per heavy atom. The van der Waals surface area contributed by atoms with E-state index in [1.807, 2.05) is 42.5 Å². The third kappa shape index (κ3) is 2.19. The van der Waals surface area contributed by atoms with Crippen LogP contribution < -0.4 is 0 Å². The first-order valence-electron chi connectivity index (χ1n) is 5.52. The van der Waals surface area contributed by atoms with Crippen molar-refractivity contribution in [3.05, 3.63) is 62.9 Å². The lowest BCUT2D eigenvalue weighted by molar-refractivity contribution is 0.224. The van der Waals surface area contributed by atoms with Gasteiger partial charge in [-0.1, -0.05) is 18.2 Å². The molecule has 0 fully saturated rings. The summed E-state index contributed by atoms with van der Waals surface area (Å²) in [4.78, 5) is 5.23. The Morgan fingerprint density at radius 2 is 2.06 bits per heavy atom. The molecule has 1 atom stereocenters. The molecule has 18 heavy (non-hydrogen) atoms. The van der Waals surface area contributed by atoms with Crippen molar-refractivity contribution < 1.29 is 5.11 Å². The second kappa shape index (κ2) is 4.80. The van der Waals surface area contributed by atoms with Crippen LogP contribution in [0.25, 0.3) is 10.9 Å². The summed E-state index contributed by atoms with van der Waals surface area (Å²) in [6, 6.07) is 13.7. The minimum absolute atomic E-state index is 0.590. The molecule has 2 nitrogen and oxygen atoms in total. The van der Waals surface area contributed by atoms with Crippen molar-refractivity contribution in [2.24, 2.45) is 0 Å². The average Bonchev–Trinajstić information content (AvgIpc) is 2.84. The predicted molar refractivity (Wildman–Crippen MR) is 77.8 cm³/mol. The zero-order chi connectivity index (χ0) is 12.5. The zero-order valence-corrected chi connectivity index (χ0v) is 11.8. The highest BCUT2D eigenvalue weighted by molar-refractivity contribution is 9.11. The summed E-state index contributed by atoms with van der Waals surface area (Å²) in [5, 5.41) is 11.4. The summed E-state index contributed by atoms with van der Waals surface area (Å²) >= 11 is 4.95. The number of aliphatic hydroxyl groups excluding tert-OH is 1. The summed E-state index contributed by atoms with van der Waals surface area (Å²) in [6.45, 7) is 0. The van der Waals surface area contributed by atoms with Crippen molar-refractivity contribution >= 4 is 38.2 Å². The second-order valence-electron chi connectivity index (χ2n) is 4.00. The van der Waals surface area contributed by atoms with Gasteiger partial charge in [0.15, 0.2) is 0 Å². The van der Waals surface area contributed by atoms with E-state index >= 15 is 0 Å². The van der Waals surface area contributed by atoms with E-state index < -0.39 is 6.10 Å². The monoisotopic (exact) mass is 319 g/mol. The van der Waals surface area contributed by atoms with Crippen molar-refractivity contribution in [3.63, 3.8) is 0 Å². The molecule has 3 aromatic rings. The Balaban J connectivity index is 2.03. The molecule has 1 unspecified atom stereocenters. The maximum Gasteiger partial charge on any atom is 0.113 e. The Labute approximate surface area is 117 Å². The van der Waals surface area contributed by atoms with E-state index in [1.165, 1.54) is 0 Å². The highest BCUT2D eigenvalue weighted by Gasteiger charge is 2.13. The molecule has 0 saturated heterocycles. The molecule has 0 saturated carbocycles. The fourth-order valence-corrected chi connectivity index (χ4v) is 3.33. The highest BCUT2D eigenvalue weighted by Crippen LogP contribution is 2.31. The van der Waals surface area contributed by atoms with E-state index in [-0.39, 0.29) is 0 Å². The molecule has 0 radical (unpaired) electrons. The number of benzene rings is 1. The molecule has 0 aliphatic rings. The molecule has 1 aromatic carbocycles. The summed E-state index contributed by atoms with van der Waals surface area (Å²) < 4.78 is 1.02. The van der Waals surface area contributed by atoms with Gasteiger partial charge in [-0.05, 0) is 45.8 Å². The SMILES string of the molecule is OC(c1ccc2cccnc2c1)c1ccc(Br)s1. The Hall–Kier alpha value is -1.23. The summed E-state index contributed by atoms with van der Waals surface area (Å²) in [7, 11) is 0. The van der Waals surface area contributed by atoms with Gasteiger partial charge in [0.1, 0.15) is 6.10 Å². The Bertz CT molecular complexity index is 695. The van der Waals surface area contributed by atoms with Crippen molar-refractivity contribution in [2.45, 2.75) is 6.10 Å². The molecule has 1 N–H and O–H groups in total. The largest absolute Gasteiger partial charge is 0.383 e. The number of rotatable bonds is 2. The summed E-state index contributed by atoms with van der Waals surface area (Å²) in [5.74, 6) is 0. The molecular formula is C14H10BrNOS. The molecule has 0 aliphatic carbocycles. The van der Waals surface area contributed by atoms with Gasteiger partial charge in [0.25, 0.3) is 0 Å². The van der Waals surface area contributed by atoms with Gasteiger partial charge in [0.2, 0.25) is 0 Å². The van der Waals surface area contributed by atoms with Crippen LogP contribution in [0, 0.1) is 0 Å². The van der Waals surface area contributed by atoms with Gasteiger partial charge in [0, 0.05) is 16.5 Å². The normalized spacial score (nSPS) is 12.8. The number of nitrogens with zero attached hydrogens (tertiary/aromatic N) is 1. The lowest BCUT2D eigenvalue weighted by atomic mass is 10.1. The maximum atomic E-state index is 10.3. The van der Waals surface area contributed by atoms with Crippen LogP contribution >= 0.6 is 27.3 Å². The minimum atomic E-state index is -0.590. The second-order valence-corrected chi connectivity index (χ2v) is 6.49. The molecular weight excluding hydrogens is 310 g/mol. The van der Waals surface area contributed by atoms with Crippen molar-refractivity contribution in [2.75, 3.05) is 0 Å². The average molecular weight is 320 g/mol. The number of aliphatic hydroxyl groups is 1. The highest BCUT2D eigenvalue weighted by atomic mass is 79.9. The zero-order valence-electron chi connectivity index (χ0n) is 9.38. The standard InChI is InChI=1S/C14H10BrNOS/c15-13-6-5-12(18-13)14(17)10-4-3-9-2-1-7-16-11(9)8-10/h1-8,14,17H. The van der Waals surface area contributed by atoms with E-state index in [9.17, 15) is 5.11 Å². The number of aromatic nitrogens is 1. The van der Waals surface area contributed by atoms with Crippen LogP contribution in [0.1, 0.15) is 16.5 Å². The van der Waals surface area contributed by atoms with Gasteiger partial charge in [0.05, 0.1) is 9.30 Å². The van der Waals surface area contributed by atoms with Gasteiger partial charge < -0.3 is 5.11 Å². The lowest BCUT2D eigenvalue weighted by Crippen LogP contribution is -1.96. The lowest BCUT2D eigenvalue weighted by Gasteiger charge is -2.09. The first-order valence-corrected chi connectivity index (χ1v) is 7.13. The number of hydrogen-bond acceptors (Lipinski definition) is 3. The Morgan fingerprint density at radius 1 is 1.17 bits per heavy atom. The maximum absolute atomic E-state index is 10.3. The molecule has 2 aromatic heterocycles. The smallest absolute Gasteiger partial charge is 0.113 e. The third-order valence-electron chi connectivity index (χ3n) is 2.81. The molecule has 0 amide bonds. The fourth-order valence-electron chi connectivity index (χ4n) is 1.89. The molecule has 0 aliphatic heterocycles. The number of halogens is 1.